The number of benzene rings is 2. The number of ether oxygens (including phenoxy) is 4. The van der Waals surface area contributed by atoms with Gasteiger partial charge in [0.15, 0.2) is 0 Å². The molecule has 0 aromatic heterocycles. The van der Waals surface area contributed by atoms with Crippen molar-refractivity contribution in [2.24, 2.45) is 0 Å². The lowest BCUT2D eigenvalue weighted by Crippen LogP contribution is -2.25. The summed E-state index contributed by atoms with van der Waals surface area (Å²) in [5.41, 5.74) is 4.04. The van der Waals surface area contributed by atoms with Gasteiger partial charge in [0.2, 0.25) is 0 Å². The number of rotatable bonds is 10. The molecular weight excluding hydrogens is 440 g/mol. The van der Waals surface area contributed by atoms with Gasteiger partial charge in [0, 0.05) is 11.9 Å². The minimum Gasteiger partial charge on any atom is -0.494 e. The Morgan fingerprint density at radius 2 is 2.03 bits per heavy atom. The van der Waals surface area contributed by atoms with Crippen LogP contribution in [0.4, 0.5) is 0 Å². The predicted octanol–water partition coefficient (Wildman–Crippen LogP) is 5.43. The first-order valence-electron chi connectivity index (χ1n) is 11.0. The molecule has 1 heterocycles. The highest BCUT2D eigenvalue weighted by Gasteiger charge is 2.24. The molecule has 6 heteroatoms. The van der Waals surface area contributed by atoms with E-state index in [1.54, 1.807) is 0 Å². The van der Waals surface area contributed by atoms with Crippen LogP contribution in [0.15, 0.2) is 48.6 Å². The zero-order chi connectivity index (χ0) is 23.6. The molecule has 1 aliphatic heterocycles. The first kappa shape index (κ1) is 24.9. The van der Waals surface area contributed by atoms with Crippen LogP contribution in [0.3, 0.4) is 0 Å². The standard InChI is InChI=1S/C27H29ClO5/c1-4-13-30-17-22-16-26(28)21(14-20-9-11-23(12-10-20)31-5-2)15-25(22)27-8-6-7-24(33-27)18-32-19(3)29/h1,6-7,9-12,15-16,24,27H,5,8,13-14,17-18H2,2-3H3/t24-,27+/m1/s1. The summed E-state index contributed by atoms with van der Waals surface area (Å²) < 4.78 is 22.5. The van der Waals surface area contributed by atoms with E-state index in [0.29, 0.717) is 31.1 Å². The monoisotopic (exact) mass is 468 g/mol. The van der Waals surface area contributed by atoms with Gasteiger partial charge >= 0.3 is 5.97 Å². The Labute approximate surface area is 200 Å². The van der Waals surface area contributed by atoms with Crippen LogP contribution in [0.25, 0.3) is 0 Å². The zero-order valence-corrected chi connectivity index (χ0v) is 19.8. The van der Waals surface area contributed by atoms with Crippen LogP contribution in [0.5, 0.6) is 5.75 Å². The number of terminal acetylenes is 1. The Balaban J connectivity index is 1.85. The molecule has 5 nitrogen and oxygen atoms in total. The van der Waals surface area contributed by atoms with Gasteiger partial charge in [0.05, 0.1) is 19.3 Å². The van der Waals surface area contributed by atoms with Crippen molar-refractivity contribution in [3.63, 3.8) is 0 Å². The van der Waals surface area contributed by atoms with Crippen molar-refractivity contribution in [1.82, 2.24) is 0 Å². The number of carbonyl (C=O) groups is 1. The van der Waals surface area contributed by atoms with Crippen molar-refractivity contribution in [3.8, 4) is 18.1 Å². The maximum atomic E-state index is 11.2. The van der Waals surface area contributed by atoms with E-state index in [0.717, 1.165) is 28.0 Å². The molecule has 0 spiro atoms. The molecule has 0 unspecified atom stereocenters. The summed E-state index contributed by atoms with van der Waals surface area (Å²) in [6.07, 6.45) is 10.2. The second-order valence-electron chi connectivity index (χ2n) is 7.72. The van der Waals surface area contributed by atoms with Gasteiger partial charge in [0.1, 0.15) is 25.1 Å². The van der Waals surface area contributed by atoms with Gasteiger partial charge in [0.25, 0.3) is 0 Å². The molecule has 0 radical (unpaired) electrons. The largest absolute Gasteiger partial charge is 0.494 e. The minimum atomic E-state index is -0.332. The number of hydrogen-bond acceptors (Lipinski definition) is 5. The van der Waals surface area contributed by atoms with E-state index in [1.807, 2.05) is 43.3 Å². The maximum Gasteiger partial charge on any atom is 0.302 e. The lowest BCUT2D eigenvalue weighted by atomic mass is 9.93. The zero-order valence-electron chi connectivity index (χ0n) is 19.0. The highest BCUT2D eigenvalue weighted by molar-refractivity contribution is 6.31. The molecule has 0 bridgehead atoms. The van der Waals surface area contributed by atoms with E-state index >= 15 is 0 Å². The third-order valence-electron chi connectivity index (χ3n) is 5.22. The van der Waals surface area contributed by atoms with E-state index in [2.05, 4.69) is 18.1 Å². The first-order valence-corrected chi connectivity index (χ1v) is 11.4. The van der Waals surface area contributed by atoms with Crippen molar-refractivity contribution in [2.45, 2.75) is 45.5 Å². The molecule has 0 saturated carbocycles. The quantitative estimate of drug-likeness (QED) is 0.201. The van der Waals surface area contributed by atoms with Gasteiger partial charge in [-0.2, -0.15) is 0 Å². The Bertz CT molecular complexity index is 1010. The molecule has 0 aliphatic carbocycles. The number of hydrogen-bond donors (Lipinski definition) is 0. The van der Waals surface area contributed by atoms with E-state index < -0.39 is 0 Å². The van der Waals surface area contributed by atoms with Gasteiger partial charge in [-0.05, 0) is 60.2 Å². The Morgan fingerprint density at radius 3 is 2.73 bits per heavy atom. The molecule has 0 fully saturated rings. The summed E-state index contributed by atoms with van der Waals surface area (Å²) in [5.74, 6) is 3.00. The van der Waals surface area contributed by atoms with E-state index in [-0.39, 0.29) is 31.4 Å². The average Bonchev–Trinajstić information content (AvgIpc) is 2.81. The van der Waals surface area contributed by atoms with Gasteiger partial charge in [-0.25, -0.2) is 0 Å². The van der Waals surface area contributed by atoms with E-state index in [9.17, 15) is 4.79 Å². The van der Waals surface area contributed by atoms with Crippen molar-refractivity contribution in [1.29, 1.82) is 0 Å². The highest BCUT2D eigenvalue weighted by Crippen LogP contribution is 2.34. The van der Waals surface area contributed by atoms with Gasteiger partial charge in [-0.1, -0.05) is 47.9 Å². The number of esters is 1. The van der Waals surface area contributed by atoms with E-state index in [1.165, 1.54) is 6.92 Å². The lowest BCUT2D eigenvalue weighted by molar-refractivity contribution is -0.145. The summed E-state index contributed by atoms with van der Waals surface area (Å²) in [5, 5.41) is 0.662. The van der Waals surface area contributed by atoms with Crippen LogP contribution >= 0.6 is 11.6 Å². The average molecular weight is 469 g/mol. The predicted molar refractivity (Wildman–Crippen MR) is 128 cm³/mol. The number of carbonyl (C=O) groups excluding carboxylic acids is 1. The third-order valence-corrected chi connectivity index (χ3v) is 5.57. The highest BCUT2D eigenvalue weighted by atomic mass is 35.5. The molecule has 2 aromatic rings. The van der Waals surface area contributed by atoms with Crippen molar-refractivity contribution < 1.29 is 23.7 Å². The molecule has 1 aliphatic rings. The van der Waals surface area contributed by atoms with Crippen LogP contribution in [0, 0.1) is 12.3 Å². The molecule has 33 heavy (non-hydrogen) atoms. The molecule has 0 N–H and O–H groups in total. The fourth-order valence-corrected chi connectivity index (χ4v) is 3.96. The van der Waals surface area contributed by atoms with Crippen LogP contribution in [0.1, 0.15) is 48.6 Å². The molecule has 3 rings (SSSR count). The fourth-order valence-electron chi connectivity index (χ4n) is 3.71. The summed E-state index contributed by atoms with van der Waals surface area (Å²) in [6, 6.07) is 12.0. The summed E-state index contributed by atoms with van der Waals surface area (Å²) in [4.78, 5) is 11.2. The van der Waals surface area contributed by atoms with Gasteiger partial charge in [-0.15, -0.1) is 6.42 Å². The molecule has 0 amide bonds. The Morgan fingerprint density at radius 1 is 1.24 bits per heavy atom. The minimum absolute atomic E-state index is 0.178. The van der Waals surface area contributed by atoms with Gasteiger partial charge < -0.3 is 18.9 Å². The first-order chi connectivity index (χ1) is 16.0. The Hall–Kier alpha value is -2.78. The molecule has 174 valence electrons. The second kappa shape index (κ2) is 12.5. The van der Waals surface area contributed by atoms with Crippen molar-refractivity contribution >= 4 is 17.6 Å². The summed E-state index contributed by atoms with van der Waals surface area (Å²) in [7, 11) is 0. The summed E-state index contributed by atoms with van der Waals surface area (Å²) in [6.45, 7) is 4.71. The van der Waals surface area contributed by atoms with Crippen LogP contribution < -0.4 is 4.74 Å². The second-order valence-corrected chi connectivity index (χ2v) is 8.13. The third kappa shape index (κ3) is 7.36. The number of halogens is 1. The molecular formula is C27H29ClO5. The topological polar surface area (TPSA) is 54.0 Å². The normalized spacial score (nSPS) is 17.4. The Kier molecular flexibility index (Phi) is 9.38. The SMILES string of the molecule is C#CCOCc1cc(Cl)c(Cc2ccc(OCC)cc2)cc1[C@@H]1CC=C[C@H](COC(C)=O)O1. The molecule has 0 saturated heterocycles. The van der Waals surface area contributed by atoms with Crippen molar-refractivity contribution in [3.05, 3.63) is 75.8 Å². The smallest absolute Gasteiger partial charge is 0.302 e. The maximum absolute atomic E-state index is 11.2. The van der Waals surface area contributed by atoms with E-state index in [4.69, 9.17) is 37.0 Å². The summed E-state index contributed by atoms with van der Waals surface area (Å²) >= 11 is 6.66. The molecule has 2 aromatic carbocycles. The van der Waals surface area contributed by atoms with Crippen molar-refractivity contribution in [2.75, 3.05) is 19.8 Å². The lowest BCUT2D eigenvalue weighted by Gasteiger charge is -2.28. The van der Waals surface area contributed by atoms with Crippen LogP contribution in [0.2, 0.25) is 5.02 Å². The fraction of sp³-hybridized carbons (Fsp3) is 0.370. The molecule has 2 atom stereocenters. The van der Waals surface area contributed by atoms with Gasteiger partial charge in [-0.3, -0.25) is 4.79 Å². The van der Waals surface area contributed by atoms with Crippen LogP contribution in [-0.2, 0) is 32.0 Å². The van der Waals surface area contributed by atoms with Crippen LogP contribution in [-0.4, -0.2) is 31.9 Å².